The number of anilines is 2. The quantitative estimate of drug-likeness (QED) is 0.358. The van der Waals surface area contributed by atoms with Crippen LogP contribution < -0.4 is 10.6 Å². The summed E-state index contributed by atoms with van der Waals surface area (Å²) in [4.78, 5) is 18.5. The lowest BCUT2D eigenvalue weighted by Crippen LogP contribution is -2.30. The smallest absolute Gasteiger partial charge is 0.255 e. The van der Waals surface area contributed by atoms with Crippen LogP contribution in [0.1, 0.15) is 56.3 Å². The van der Waals surface area contributed by atoms with Crippen LogP contribution in [-0.4, -0.2) is 15.5 Å². The number of carbonyl (C=O) groups excluding carboxylic acids is 1. The molecule has 1 amide bonds. The van der Waals surface area contributed by atoms with Crippen LogP contribution in [0.25, 0.3) is 11.0 Å². The Bertz CT molecular complexity index is 1380. The van der Waals surface area contributed by atoms with Crippen molar-refractivity contribution in [3.8, 4) is 0 Å². The zero-order valence-corrected chi connectivity index (χ0v) is 20.1. The normalized spacial score (nSPS) is 15.4. The van der Waals surface area contributed by atoms with Gasteiger partial charge in [-0.05, 0) is 60.2 Å². The van der Waals surface area contributed by atoms with E-state index in [0.29, 0.717) is 11.5 Å². The van der Waals surface area contributed by atoms with Crippen LogP contribution in [-0.2, 0) is 11.2 Å². The molecule has 0 saturated heterocycles. The van der Waals surface area contributed by atoms with Gasteiger partial charge in [-0.15, -0.1) is 0 Å². The second kappa shape index (κ2) is 8.82. The van der Waals surface area contributed by atoms with Gasteiger partial charge < -0.3 is 10.6 Å². The van der Waals surface area contributed by atoms with Gasteiger partial charge in [-0.1, -0.05) is 69.3 Å². The lowest BCUT2D eigenvalue weighted by Gasteiger charge is -2.31. The first-order valence-electron chi connectivity index (χ1n) is 11.9. The van der Waals surface area contributed by atoms with Gasteiger partial charge in [0, 0.05) is 11.4 Å². The number of imidazole rings is 1. The number of para-hydroxylation sites is 2. The van der Waals surface area contributed by atoms with Crippen LogP contribution in [0.2, 0.25) is 0 Å². The summed E-state index contributed by atoms with van der Waals surface area (Å²) in [6.45, 7) is 8.45. The molecule has 34 heavy (non-hydrogen) atoms. The van der Waals surface area contributed by atoms with Crippen molar-refractivity contribution < 1.29 is 4.79 Å². The molecule has 0 aliphatic carbocycles. The predicted octanol–water partition coefficient (Wildman–Crippen LogP) is 6.65. The number of allylic oxidation sites excluding steroid dienone is 1. The van der Waals surface area contributed by atoms with Crippen molar-refractivity contribution in [1.29, 1.82) is 0 Å². The average Bonchev–Trinajstić information content (AvgIpc) is 3.21. The first-order valence-corrected chi connectivity index (χ1v) is 11.9. The van der Waals surface area contributed by atoms with E-state index in [1.165, 1.54) is 11.1 Å². The first kappa shape index (κ1) is 22.0. The molecule has 0 spiro atoms. The van der Waals surface area contributed by atoms with Crippen molar-refractivity contribution in [2.24, 2.45) is 0 Å². The number of fused-ring (bicyclic) bond motifs is 3. The van der Waals surface area contributed by atoms with Gasteiger partial charge in [0.25, 0.3) is 5.91 Å². The van der Waals surface area contributed by atoms with Gasteiger partial charge in [-0.25, -0.2) is 4.98 Å². The minimum Gasteiger partial charge on any atom is -0.329 e. The molecular formula is C29H30N4O. The second-order valence-corrected chi connectivity index (χ2v) is 9.19. The Morgan fingerprint density at radius 1 is 1.03 bits per heavy atom. The minimum absolute atomic E-state index is 0.115. The molecule has 5 heteroatoms. The van der Waals surface area contributed by atoms with E-state index in [0.717, 1.165) is 40.4 Å². The fourth-order valence-corrected chi connectivity index (χ4v) is 4.66. The molecule has 0 unspecified atom stereocenters. The monoisotopic (exact) mass is 450 g/mol. The van der Waals surface area contributed by atoms with Crippen molar-refractivity contribution >= 4 is 28.6 Å². The molecule has 2 N–H and O–H groups in total. The Balaban J connectivity index is 1.61. The van der Waals surface area contributed by atoms with Gasteiger partial charge in [0.05, 0.1) is 22.6 Å². The number of amides is 1. The van der Waals surface area contributed by atoms with Gasteiger partial charge in [0.2, 0.25) is 5.95 Å². The van der Waals surface area contributed by atoms with E-state index in [1.54, 1.807) is 0 Å². The molecule has 0 radical (unpaired) electrons. The van der Waals surface area contributed by atoms with Crippen LogP contribution in [0.4, 0.5) is 11.6 Å². The zero-order valence-electron chi connectivity index (χ0n) is 20.1. The third-order valence-electron chi connectivity index (χ3n) is 6.61. The van der Waals surface area contributed by atoms with Crippen molar-refractivity contribution in [3.63, 3.8) is 0 Å². The molecule has 1 atom stereocenters. The molecule has 1 aliphatic heterocycles. The summed E-state index contributed by atoms with van der Waals surface area (Å²) in [5.41, 5.74) is 7.75. The van der Waals surface area contributed by atoms with Crippen LogP contribution in [0.15, 0.2) is 84.1 Å². The van der Waals surface area contributed by atoms with E-state index in [9.17, 15) is 4.79 Å². The van der Waals surface area contributed by atoms with E-state index >= 15 is 0 Å². The Morgan fingerprint density at radius 2 is 1.74 bits per heavy atom. The highest BCUT2D eigenvalue weighted by Gasteiger charge is 2.34. The first-order chi connectivity index (χ1) is 16.5. The molecule has 0 fully saturated rings. The highest BCUT2D eigenvalue weighted by molar-refractivity contribution is 6.06. The summed E-state index contributed by atoms with van der Waals surface area (Å²) in [6, 6.07) is 24.4. The SMILES string of the molecule is CCc1ccc(NC(=O)C2=C(C)Nc3nc4ccccc4n3[C@@H]2c2ccc(C(C)C)cc2)cc1. The highest BCUT2D eigenvalue weighted by Crippen LogP contribution is 2.39. The van der Waals surface area contributed by atoms with Gasteiger partial charge in [-0.3, -0.25) is 9.36 Å². The molecule has 172 valence electrons. The number of nitrogens with zero attached hydrogens (tertiary/aromatic N) is 2. The molecule has 0 bridgehead atoms. The summed E-state index contributed by atoms with van der Waals surface area (Å²) < 4.78 is 2.14. The zero-order chi connectivity index (χ0) is 23.8. The number of aromatic nitrogens is 2. The van der Waals surface area contributed by atoms with Crippen LogP contribution in [0.5, 0.6) is 0 Å². The number of aryl methyl sites for hydroxylation is 1. The number of benzene rings is 3. The summed E-state index contributed by atoms with van der Waals surface area (Å²) in [5, 5.41) is 6.51. The van der Waals surface area contributed by atoms with Gasteiger partial charge in [0.15, 0.2) is 0 Å². The molecule has 2 heterocycles. The van der Waals surface area contributed by atoms with Crippen molar-refractivity contribution in [2.75, 3.05) is 10.6 Å². The average molecular weight is 451 g/mol. The van der Waals surface area contributed by atoms with Crippen LogP contribution >= 0.6 is 0 Å². The maximum Gasteiger partial charge on any atom is 0.255 e. The largest absolute Gasteiger partial charge is 0.329 e. The second-order valence-electron chi connectivity index (χ2n) is 9.19. The van der Waals surface area contributed by atoms with Gasteiger partial charge in [-0.2, -0.15) is 0 Å². The lowest BCUT2D eigenvalue weighted by atomic mass is 9.92. The molecule has 3 aromatic carbocycles. The molecule has 5 rings (SSSR count). The summed E-state index contributed by atoms with van der Waals surface area (Å²) >= 11 is 0. The number of hydrogen-bond donors (Lipinski definition) is 2. The lowest BCUT2D eigenvalue weighted by molar-refractivity contribution is -0.113. The van der Waals surface area contributed by atoms with E-state index in [-0.39, 0.29) is 11.9 Å². The van der Waals surface area contributed by atoms with E-state index < -0.39 is 0 Å². The summed E-state index contributed by atoms with van der Waals surface area (Å²) in [6.07, 6.45) is 0.966. The number of hydrogen-bond acceptors (Lipinski definition) is 3. The Hall–Kier alpha value is -3.86. The molecule has 1 aliphatic rings. The molecule has 1 aromatic heterocycles. The summed E-state index contributed by atoms with van der Waals surface area (Å²) in [5.74, 6) is 1.08. The van der Waals surface area contributed by atoms with Crippen LogP contribution in [0.3, 0.4) is 0 Å². The third-order valence-corrected chi connectivity index (χ3v) is 6.61. The van der Waals surface area contributed by atoms with E-state index in [2.05, 4.69) is 78.4 Å². The standard InChI is InChI=1S/C29H30N4O/c1-5-20-10-16-23(17-11-20)31-28(34)26-19(4)30-29-32-24-8-6-7-9-25(24)33(29)27(26)22-14-12-21(13-15-22)18(2)3/h6-18,27H,5H2,1-4H3,(H,30,32)(H,31,34)/t27-/m1/s1. The van der Waals surface area contributed by atoms with Gasteiger partial charge in [0.1, 0.15) is 0 Å². The number of carbonyl (C=O) groups is 1. The Kier molecular flexibility index (Phi) is 5.70. The molecular weight excluding hydrogens is 420 g/mol. The fraction of sp³-hybridized carbons (Fsp3) is 0.241. The van der Waals surface area contributed by atoms with Crippen molar-refractivity contribution in [1.82, 2.24) is 9.55 Å². The van der Waals surface area contributed by atoms with Gasteiger partial charge >= 0.3 is 0 Å². The number of nitrogens with one attached hydrogen (secondary N) is 2. The van der Waals surface area contributed by atoms with Crippen molar-refractivity contribution in [3.05, 3.63) is 101 Å². The summed E-state index contributed by atoms with van der Waals surface area (Å²) in [7, 11) is 0. The molecule has 5 nitrogen and oxygen atoms in total. The third kappa shape index (κ3) is 3.87. The minimum atomic E-state index is -0.292. The molecule has 4 aromatic rings. The highest BCUT2D eigenvalue weighted by atomic mass is 16.1. The predicted molar refractivity (Wildman–Crippen MR) is 139 cm³/mol. The maximum atomic E-state index is 13.7. The molecule has 0 saturated carbocycles. The van der Waals surface area contributed by atoms with Crippen molar-refractivity contribution in [2.45, 2.75) is 46.1 Å². The van der Waals surface area contributed by atoms with E-state index in [4.69, 9.17) is 4.98 Å². The Labute approximate surface area is 200 Å². The Morgan fingerprint density at radius 3 is 2.41 bits per heavy atom. The van der Waals surface area contributed by atoms with E-state index in [1.807, 2.05) is 37.3 Å². The maximum absolute atomic E-state index is 13.7. The fourth-order valence-electron chi connectivity index (χ4n) is 4.66. The number of rotatable bonds is 5. The van der Waals surface area contributed by atoms with Crippen LogP contribution in [0, 0.1) is 0 Å². The topological polar surface area (TPSA) is 59.0 Å².